The third-order valence-corrected chi connectivity index (χ3v) is 4.46. The van der Waals surface area contributed by atoms with Crippen molar-refractivity contribution in [2.75, 3.05) is 6.54 Å². The molecule has 1 fully saturated rings. The Morgan fingerprint density at radius 1 is 1.29 bits per heavy atom. The second kappa shape index (κ2) is 5.72. The van der Waals surface area contributed by atoms with Gasteiger partial charge in [-0.25, -0.2) is 9.07 Å². The van der Waals surface area contributed by atoms with Gasteiger partial charge in [-0.1, -0.05) is 12.1 Å². The van der Waals surface area contributed by atoms with Gasteiger partial charge in [-0.05, 0) is 49.2 Å². The Hall–Kier alpha value is -2.73. The van der Waals surface area contributed by atoms with Crippen LogP contribution in [0.1, 0.15) is 34.8 Å². The van der Waals surface area contributed by atoms with Crippen molar-refractivity contribution in [3.05, 3.63) is 59.5 Å². The highest BCUT2D eigenvalue weighted by Crippen LogP contribution is 2.25. The van der Waals surface area contributed by atoms with Crippen LogP contribution in [0.25, 0.3) is 16.6 Å². The number of fused-ring (bicyclic) bond motifs is 1. The van der Waals surface area contributed by atoms with Gasteiger partial charge in [0.05, 0.1) is 11.3 Å². The van der Waals surface area contributed by atoms with E-state index in [1.54, 1.807) is 10.9 Å². The molecule has 3 aromatic rings. The van der Waals surface area contributed by atoms with Crippen LogP contribution in [0.3, 0.4) is 0 Å². The van der Waals surface area contributed by atoms with Crippen molar-refractivity contribution in [3.63, 3.8) is 0 Å². The van der Waals surface area contributed by atoms with Gasteiger partial charge in [0.15, 0.2) is 0 Å². The molecule has 1 unspecified atom stereocenters. The lowest BCUT2D eigenvalue weighted by Crippen LogP contribution is -2.12. The molecule has 1 aliphatic rings. The maximum atomic E-state index is 13.6. The summed E-state index contributed by atoms with van der Waals surface area (Å²) >= 11 is 0. The van der Waals surface area contributed by atoms with E-state index in [4.69, 9.17) is 5.73 Å². The first kappa shape index (κ1) is 14.8. The summed E-state index contributed by atoms with van der Waals surface area (Å²) in [6.07, 6.45) is 4.04. The van der Waals surface area contributed by atoms with Gasteiger partial charge in [0, 0.05) is 17.6 Å². The molecule has 0 spiro atoms. The number of hydrogen-bond acceptors (Lipinski definition) is 3. The maximum absolute atomic E-state index is 13.6. The van der Waals surface area contributed by atoms with Gasteiger partial charge in [0.25, 0.3) is 5.91 Å². The molecular weight excluding hydrogens is 307 g/mol. The molecule has 122 valence electrons. The first-order valence-electron chi connectivity index (χ1n) is 7.94. The number of rotatable bonds is 3. The zero-order valence-corrected chi connectivity index (χ0v) is 13.0. The van der Waals surface area contributed by atoms with Crippen molar-refractivity contribution < 1.29 is 9.18 Å². The predicted molar refractivity (Wildman–Crippen MR) is 89.5 cm³/mol. The summed E-state index contributed by atoms with van der Waals surface area (Å²) in [5.74, 6) is -1.19. The lowest BCUT2D eigenvalue weighted by atomic mass is 10.1. The molecule has 3 N–H and O–H groups in total. The molecule has 0 bridgehead atoms. The monoisotopic (exact) mass is 324 g/mol. The molecule has 1 amide bonds. The van der Waals surface area contributed by atoms with Crippen LogP contribution in [0.5, 0.6) is 0 Å². The highest BCUT2D eigenvalue weighted by Gasteiger charge is 2.17. The highest BCUT2D eigenvalue weighted by atomic mass is 19.1. The summed E-state index contributed by atoms with van der Waals surface area (Å²) in [6, 6.07) is 11.0. The molecule has 1 saturated heterocycles. The minimum atomic E-state index is -0.688. The number of benzene rings is 2. The Bertz CT molecular complexity index is 911. The molecule has 2 heterocycles. The normalized spacial score (nSPS) is 17.5. The number of halogens is 1. The van der Waals surface area contributed by atoms with E-state index in [0.717, 1.165) is 24.7 Å². The Morgan fingerprint density at radius 3 is 2.75 bits per heavy atom. The van der Waals surface area contributed by atoms with Gasteiger partial charge >= 0.3 is 0 Å². The Labute approximate surface area is 138 Å². The third-order valence-electron chi connectivity index (χ3n) is 4.46. The van der Waals surface area contributed by atoms with Gasteiger partial charge < -0.3 is 11.1 Å². The molecule has 1 aliphatic heterocycles. The van der Waals surface area contributed by atoms with Crippen LogP contribution in [0.15, 0.2) is 42.6 Å². The second-order valence-electron chi connectivity index (χ2n) is 6.07. The van der Waals surface area contributed by atoms with Crippen molar-refractivity contribution in [1.82, 2.24) is 15.1 Å². The Balaban J connectivity index is 1.73. The SMILES string of the molecule is NC(=O)c1cc(F)cc2cn(-c3ccc(C4CCCN4)cc3)nc12. The van der Waals surface area contributed by atoms with Crippen LogP contribution < -0.4 is 11.1 Å². The van der Waals surface area contributed by atoms with E-state index in [0.29, 0.717) is 16.9 Å². The third kappa shape index (κ3) is 2.55. The topological polar surface area (TPSA) is 72.9 Å². The first-order valence-corrected chi connectivity index (χ1v) is 7.94. The van der Waals surface area contributed by atoms with Gasteiger partial charge in [0.2, 0.25) is 0 Å². The smallest absolute Gasteiger partial charge is 0.251 e. The molecule has 4 rings (SSSR count). The van der Waals surface area contributed by atoms with E-state index >= 15 is 0 Å². The van der Waals surface area contributed by atoms with Crippen molar-refractivity contribution in [3.8, 4) is 5.69 Å². The number of primary amides is 1. The summed E-state index contributed by atoms with van der Waals surface area (Å²) in [6.45, 7) is 1.05. The largest absolute Gasteiger partial charge is 0.366 e. The Morgan fingerprint density at radius 2 is 2.08 bits per heavy atom. The minimum absolute atomic E-state index is 0.0931. The number of carbonyl (C=O) groups is 1. The maximum Gasteiger partial charge on any atom is 0.251 e. The summed E-state index contributed by atoms with van der Waals surface area (Å²) in [5.41, 5.74) is 7.92. The van der Waals surface area contributed by atoms with E-state index in [9.17, 15) is 9.18 Å². The van der Waals surface area contributed by atoms with Crippen LogP contribution in [-0.4, -0.2) is 22.2 Å². The summed E-state index contributed by atoms with van der Waals surface area (Å²) in [5, 5.41) is 8.42. The number of nitrogens with two attached hydrogens (primary N) is 1. The highest BCUT2D eigenvalue weighted by molar-refractivity contribution is 6.04. The zero-order chi connectivity index (χ0) is 16.7. The number of hydrogen-bond donors (Lipinski definition) is 2. The fourth-order valence-electron chi connectivity index (χ4n) is 3.25. The molecule has 6 heteroatoms. The fraction of sp³-hybridized carbons (Fsp3) is 0.222. The number of carbonyl (C=O) groups excluding carboxylic acids is 1. The Kier molecular flexibility index (Phi) is 3.54. The molecule has 0 aliphatic carbocycles. The molecule has 5 nitrogen and oxygen atoms in total. The summed E-state index contributed by atoms with van der Waals surface area (Å²) in [7, 11) is 0. The summed E-state index contributed by atoms with van der Waals surface area (Å²) in [4.78, 5) is 11.5. The van der Waals surface area contributed by atoms with Crippen LogP contribution in [0.4, 0.5) is 4.39 Å². The van der Waals surface area contributed by atoms with Crippen LogP contribution in [0, 0.1) is 5.82 Å². The number of nitrogens with one attached hydrogen (secondary N) is 1. The average molecular weight is 324 g/mol. The number of aromatic nitrogens is 2. The predicted octanol–water partition coefficient (Wildman–Crippen LogP) is 2.69. The molecule has 1 aromatic heterocycles. The molecule has 2 aromatic carbocycles. The van der Waals surface area contributed by atoms with Crippen molar-refractivity contribution in [1.29, 1.82) is 0 Å². The van der Waals surface area contributed by atoms with Gasteiger partial charge in [0.1, 0.15) is 11.3 Å². The van der Waals surface area contributed by atoms with Gasteiger partial charge in [-0.15, -0.1) is 0 Å². The van der Waals surface area contributed by atoms with E-state index < -0.39 is 11.7 Å². The van der Waals surface area contributed by atoms with E-state index in [-0.39, 0.29) is 5.56 Å². The van der Waals surface area contributed by atoms with Crippen LogP contribution in [0.2, 0.25) is 0 Å². The van der Waals surface area contributed by atoms with Crippen molar-refractivity contribution in [2.24, 2.45) is 5.73 Å². The lowest BCUT2D eigenvalue weighted by Gasteiger charge is -2.11. The molecule has 24 heavy (non-hydrogen) atoms. The average Bonchev–Trinajstić information content (AvgIpc) is 3.23. The van der Waals surface area contributed by atoms with Gasteiger partial charge in [-0.3, -0.25) is 4.79 Å². The van der Waals surface area contributed by atoms with Gasteiger partial charge in [-0.2, -0.15) is 5.10 Å². The number of amides is 1. The first-order chi connectivity index (χ1) is 11.6. The molecule has 0 saturated carbocycles. The summed E-state index contributed by atoms with van der Waals surface area (Å²) < 4.78 is 15.3. The quantitative estimate of drug-likeness (QED) is 0.778. The van der Waals surface area contributed by atoms with Crippen molar-refractivity contribution in [2.45, 2.75) is 18.9 Å². The molecule has 0 radical (unpaired) electrons. The second-order valence-corrected chi connectivity index (χ2v) is 6.07. The lowest BCUT2D eigenvalue weighted by molar-refractivity contribution is 0.100. The minimum Gasteiger partial charge on any atom is -0.366 e. The molecule has 1 atom stereocenters. The number of nitrogens with zero attached hydrogens (tertiary/aromatic N) is 2. The zero-order valence-electron chi connectivity index (χ0n) is 13.0. The fourth-order valence-corrected chi connectivity index (χ4v) is 3.25. The van der Waals surface area contributed by atoms with E-state index in [2.05, 4.69) is 22.5 Å². The van der Waals surface area contributed by atoms with E-state index in [1.165, 1.54) is 18.1 Å². The van der Waals surface area contributed by atoms with Crippen molar-refractivity contribution >= 4 is 16.8 Å². The molecular formula is C18H17FN4O. The van der Waals surface area contributed by atoms with Crippen LogP contribution in [-0.2, 0) is 0 Å². The standard InChI is InChI=1S/C18H17FN4O/c19-13-8-12-10-23(22-17(12)15(9-13)18(20)24)14-5-3-11(4-6-14)16-2-1-7-21-16/h3-6,8-10,16,21H,1-2,7H2,(H2,20,24). The van der Waals surface area contributed by atoms with E-state index in [1.807, 2.05) is 12.1 Å². The van der Waals surface area contributed by atoms with Crippen LogP contribution >= 0.6 is 0 Å².